The molecule has 0 aliphatic carbocycles. The first-order chi connectivity index (χ1) is 9.43. The second-order valence-corrected chi connectivity index (χ2v) is 5.76. The average molecular weight is 346 g/mol. The van der Waals surface area contributed by atoms with Crippen LogP contribution in [0.2, 0.25) is 0 Å². The van der Waals surface area contributed by atoms with Crippen LogP contribution in [0.5, 0.6) is 0 Å². The molecule has 1 aromatic carbocycles. The molecule has 1 N–H and O–H groups in total. The summed E-state index contributed by atoms with van der Waals surface area (Å²) in [5, 5.41) is 16.9. The Balaban J connectivity index is 2.61. The molecule has 0 spiro atoms. The Morgan fingerprint density at radius 1 is 1.25 bits per heavy atom. The van der Waals surface area contributed by atoms with E-state index in [9.17, 15) is 13.9 Å². The van der Waals surface area contributed by atoms with Gasteiger partial charge >= 0.3 is 0 Å². The summed E-state index contributed by atoms with van der Waals surface area (Å²) in [6.45, 7) is 4.05. The topological polar surface area (TPSA) is 50.9 Å². The molecule has 2 rings (SSSR count). The molecule has 0 fully saturated rings. The van der Waals surface area contributed by atoms with Gasteiger partial charge in [-0.15, -0.1) is 10.2 Å². The normalized spacial score (nSPS) is 11.3. The number of halogens is 3. The van der Waals surface area contributed by atoms with Crippen LogP contribution in [0.4, 0.5) is 8.78 Å². The van der Waals surface area contributed by atoms with Crippen molar-refractivity contribution < 1.29 is 13.9 Å². The van der Waals surface area contributed by atoms with Gasteiger partial charge in [-0.05, 0) is 18.1 Å². The highest BCUT2D eigenvalue weighted by Gasteiger charge is 2.21. The van der Waals surface area contributed by atoms with Crippen molar-refractivity contribution in [2.75, 3.05) is 0 Å². The first kappa shape index (κ1) is 15.1. The molecule has 0 bridgehead atoms. The van der Waals surface area contributed by atoms with Crippen molar-refractivity contribution in [2.45, 2.75) is 27.0 Å². The summed E-state index contributed by atoms with van der Waals surface area (Å²) in [5.74, 6) is -0.852. The van der Waals surface area contributed by atoms with Gasteiger partial charge in [0.2, 0.25) is 0 Å². The predicted molar refractivity (Wildman–Crippen MR) is 73.8 cm³/mol. The van der Waals surface area contributed by atoms with Crippen molar-refractivity contribution in [1.82, 2.24) is 14.8 Å². The van der Waals surface area contributed by atoms with Crippen molar-refractivity contribution in [3.63, 3.8) is 0 Å². The van der Waals surface area contributed by atoms with E-state index in [4.69, 9.17) is 0 Å². The minimum Gasteiger partial charge on any atom is -0.388 e. The molecule has 0 aliphatic heterocycles. The number of rotatable bonds is 4. The van der Waals surface area contributed by atoms with Crippen LogP contribution >= 0.6 is 15.9 Å². The van der Waals surface area contributed by atoms with Gasteiger partial charge in [-0.3, -0.25) is 0 Å². The lowest BCUT2D eigenvalue weighted by molar-refractivity contribution is 0.262. The standard InChI is InChI=1S/C13H14BrF2N3O/c1-7(2)5-19-11(6-20)17-18-13(19)12-9(15)3-8(14)4-10(12)16/h3-4,7,20H,5-6H2,1-2H3. The smallest absolute Gasteiger partial charge is 0.169 e. The molecule has 0 radical (unpaired) electrons. The minimum atomic E-state index is -0.723. The van der Waals surface area contributed by atoms with Crippen LogP contribution in [0.3, 0.4) is 0 Å². The van der Waals surface area contributed by atoms with E-state index in [0.717, 1.165) is 0 Å². The van der Waals surface area contributed by atoms with Crippen LogP contribution in [0.15, 0.2) is 16.6 Å². The largest absolute Gasteiger partial charge is 0.388 e. The first-order valence-corrected chi connectivity index (χ1v) is 6.91. The third-order valence-corrected chi connectivity index (χ3v) is 3.20. The van der Waals surface area contributed by atoms with E-state index in [-0.39, 0.29) is 29.7 Å². The summed E-state index contributed by atoms with van der Waals surface area (Å²) in [6.07, 6.45) is 0. The molecule has 4 nitrogen and oxygen atoms in total. The number of nitrogens with zero attached hydrogens (tertiary/aromatic N) is 3. The molecule has 20 heavy (non-hydrogen) atoms. The van der Waals surface area contributed by atoms with Gasteiger partial charge in [-0.25, -0.2) is 8.78 Å². The van der Waals surface area contributed by atoms with E-state index in [1.54, 1.807) is 4.57 Å². The molecule has 2 aromatic rings. The van der Waals surface area contributed by atoms with E-state index in [1.807, 2.05) is 13.8 Å². The van der Waals surface area contributed by atoms with Gasteiger partial charge in [-0.2, -0.15) is 0 Å². The zero-order valence-corrected chi connectivity index (χ0v) is 12.7. The molecule has 0 aliphatic rings. The Kier molecular flexibility index (Phi) is 4.49. The van der Waals surface area contributed by atoms with Crippen molar-refractivity contribution in [1.29, 1.82) is 0 Å². The molecule has 1 heterocycles. The average Bonchev–Trinajstić information content (AvgIpc) is 2.70. The predicted octanol–water partition coefficient (Wildman–Crippen LogP) is 3.13. The highest BCUT2D eigenvalue weighted by Crippen LogP contribution is 2.28. The van der Waals surface area contributed by atoms with Gasteiger partial charge in [0.05, 0.1) is 5.56 Å². The van der Waals surface area contributed by atoms with Gasteiger partial charge in [0.25, 0.3) is 0 Å². The van der Waals surface area contributed by atoms with Crippen molar-refractivity contribution in [3.05, 3.63) is 34.1 Å². The fourth-order valence-electron chi connectivity index (χ4n) is 1.95. The number of aromatic nitrogens is 3. The third-order valence-electron chi connectivity index (χ3n) is 2.75. The van der Waals surface area contributed by atoms with Crippen molar-refractivity contribution >= 4 is 15.9 Å². The highest BCUT2D eigenvalue weighted by atomic mass is 79.9. The number of hydrogen-bond donors (Lipinski definition) is 1. The molecule has 0 saturated carbocycles. The van der Waals surface area contributed by atoms with E-state index in [0.29, 0.717) is 11.0 Å². The number of aliphatic hydroxyl groups excluding tert-OH is 1. The zero-order chi connectivity index (χ0) is 14.9. The monoisotopic (exact) mass is 345 g/mol. The Labute approximate surface area is 123 Å². The molecule has 108 valence electrons. The Hall–Kier alpha value is -1.34. The number of hydrogen-bond acceptors (Lipinski definition) is 3. The molecule has 1 aromatic heterocycles. The Bertz CT molecular complexity index is 605. The van der Waals surface area contributed by atoms with Crippen molar-refractivity contribution in [3.8, 4) is 11.4 Å². The Morgan fingerprint density at radius 3 is 2.35 bits per heavy atom. The zero-order valence-electron chi connectivity index (χ0n) is 11.1. The minimum absolute atomic E-state index is 0.0882. The first-order valence-electron chi connectivity index (χ1n) is 6.12. The maximum atomic E-state index is 14.0. The maximum absolute atomic E-state index is 14.0. The molecular weight excluding hydrogens is 332 g/mol. The van der Waals surface area contributed by atoms with Crippen LogP contribution in [0.25, 0.3) is 11.4 Å². The second-order valence-electron chi connectivity index (χ2n) is 4.85. The lowest BCUT2D eigenvalue weighted by atomic mass is 10.1. The van der Waals surface area contributed by atoms with E-state index in [2.05, 4.69) is 26.1 Å². The number of benzene rings is 1. The lowest BCUT2D eigenvalue weighted by Gasteiger charge is -2.13. The second kappa shape index (κ2) is 5.97. The summed E-state index contributed by atoms with van der Waals surface area (Å²) < 4.78 is 29.9. The SMILES string of the molecule is CC(C)Cn1c(CO)nnc1-c1c(F)cc(Br)cc1F. The number of aliphatic hydroxyl groups is 1. The van der Waals surface area contributed by atoms with E-state index >= 15 is 0 Å². The van der Waals surface area contributed by atoms with Crippen LogP contribution in [0, 0.1) is 17.6 Å². The lowest BCUT2D eigenvalue weighted by Crippen LogP contribution is -2.11. The summed E-state index contributed by atoms with van der Waals surface area (Å²) in [5.41, 5.74) is -0.235. The third kappa shape index (κ3) is 2.88. The molecule has 0 unspecified atom stereocenters. The van der Waals surface area contributed by atoms with Crippen molar-refractivity contribution in [2.24, 2.45) is 5.92 Å². The van der Waals surface area contributed by atoms with Crippen LogP contribution in [0.1, 0.15) is 19.7 Å². The molecule has 7 heteroatoms. The van der Waals surface area contributed by atoms with Gasteiger partial charge in [0, 0.05) is 11.0 Å². The van der Waals surface area contributed by atoms with E-state index in [1.165, 1.54) is 12.1 Å². The quantitative estimate of drug-likeness (QED) is 0.926. The maximum Gasteiger partial charge on any atom is 0.169 e. The fourth-order valence-corrected chi connectivity index (χ4v) is 2.35. The summed E-state index contributed by atoms with van der Waals surface area (Å²) >= 11 is 3.03. The fraction of sp³-hybridized carbons (Fsp3) is 0.385. The van der Waals surface area contributed by atoms with E-state index < -0.39 is 11.6 Å². The highest BCUT2D eigenvalue weighted by molar-refractivity contribution is 9.10. The van der Waals surface area contributed by atoms with Crippen LogP contribution in [-0.2, 0) is 13.2 Å². The van der Waals surface area contributed by atoms with Crippen LogP contribution < -0.4 is 0 Å². The van der Waals surface area contributed by atoms with Gasteiger partial charge in [0.1, 0.15) is 18.2 Å². The summed E-state index contributed by atoms with van der Waals surface area (Å²) in [4.78, 5) is 0. The summed E-state index contributed by atoms with van der Waals surface area (Å²) in [6, 6.07) is 2.34. The molecule has 0 atom stereocenters. The van der Waals surface area contributed by atoms with Gasteiger partial charge < -0.3 is 9.67 Å². The molecule has 0 saturated heterocycles. The Morgan fingerprint density at radius 2 is 1.85 bits per heavy atom. The van der Waals surface area contributed by atoms with Crippen LogP contribution in [-0.4, -0.2) is 19.9 Å². The van der Waals surface area contributed by atoms with Gasteiger partial charge in [0.15, 0.2) is 11.6 Å². The summed E-state index contributed by atoms with van der Waals surface area (Å²) in [7, 11) is 0. The van der Waals surface area contributed by atoms with Gasteiger partial charge in [-0.1, -0.05) is 29.8 Å². The molecular formula is C13H14BrF2N3O. The molecule has 0 amide bonds.